The van der Waals surface area contributed by atoms with E-state index in [9.17, 15) is 4.79 Å². The lowest BCUT2D eigenvalue weighted by molar-refractivity contribution is -0.120. The predicted molar refractivity (Wildman–Crippen MR) is 120 cm³/mol. The number of rotatable bonds is 6. The van der Waals surface area contributed by atoms with Gasteiger partial charge in [0.15, 0.2) is 0 Å². The molecule has 0 bridgehead atoms. The maximum Gasteiger partial charge on any atom is 0.224 e. The Morgan fingerprint density at radius 1 is 1.23 bits per heavy atom. The molecule has 3 aromatic heterocycles. The summed E-state index contributed by atoms with van der Waals surface area (Å²) in [6.45, 7) is 4.93. The average molecular weight is 419 g/mol. The van der Waals surface area contributed by atoms with Crippen molar-refractivity contribution in [3.63, 3.8) is 0 Å². The van der Waals surface area contributed by atoms with Gasteiger partial charge in [-0.3, -0.25) is 14.4 Å². The number of pyridine rings is 1. The minimum Gasteiger partial charge on any atom is -0.379 e. The number of hydrogen-bond donors (Lipinski definition) is 2. The van der Waals surface area contributed by atoms with E-state index in [4.69, 9.17) is 4.74 Å². The first-order valence-corrected chi connectivity index (χ1v) is 10.6. The summed E-state index contributed by atoms with van der Waals surface area (Å²) in [5.41, 5.74) is 4.89. The van der Waals surface area contributed by atoms with Crippen LogP contribution >= 0.6 is 0 Å². The van der Waals surface area contributed by atoms with E-state index in [1.165, 1.54) is 0 Å². The smallest absolute Gasteiger partial charge is 0.224 e. The molecule has 160 valence electrons. The van der Waals surface area contributed by atoms with Crippen LogP contribution in [-0.2, 0) is 23.0 Å². The van der Waals surface area contributed by atoms with E-state index in [2.05, 4.69) is 37.4 Å². The van der Waals surface area contributed by atoms with Gasteiger partial charge in [0.1, 0.15) is 5.65 Å². The fourth-order valence-electron chi connectivity index (χ4n) is 4.17. The fourth-order valence-corrected chi connectivity index (χ4v) is 4.17. The van der Waals surface area contributed by atoms with Crippen molar-refractivity contribution in [1.82, 2.24) is 30.0 Å². The molecule has 1 aliphatic rings. The SMILES string of the molecule is Cn1ncc2cnc3[nH]c(-c4cccc(CC(=O)NCCN5CCOCC5)c4)cc3c21. The van der Waals surface area contributed by atoms with Crippen molar-refractivity contribution in [1.29, 1.82) is 0 Å². The summed E-state index contributed by atoms with van der Waals surface area (Å²) in [6.07, 6.45) is 4.02. The van der Waals surface area contributed by atoms with E-state index >= 15 is 0 Å². The summed E-state index contributed by atoms with van der Waals surface area (Å²) in [4.78, 5) is 22.7. The third-order valence-corrected chi connectivity index (χ3v) is 5.81. The molecular formula is C23H26N6O2. The number of nitrogens with one attached hydrogen (secondary N) is 2. The molecule has 1 aromatic carbocycles. The van der Waals surface area contributed by atoms with Crippen molar-refractivity contribution in [3.8, 4) is 11.3 Å². The second-order valence-electron chi connectivity index (χ2n) is 7.96. The first kappa shape index (κ1) is 19.7. The zero-order chi connectivity index (χ0) is 21.2. The van der Waals surface area contributed by atoms with E-state index < -0.39 is 0 Å². The number of carbonyl (C=O) groups is 1. The molecule has 1 aliphatic heterocycles. The lowest BCUT2D eigenvalue weighted by atomic mass is 10.1. The third kappa shape index (κ3) is 4.17. The van der Waals surface area contributed by atoms with Crippen LogP contribution < -0.4 is 5.32 Å². The molecule has 0 unspecified atom stereocenters. The highest BCUT2D eigenvalue weighted by atomic mass is 16.5. The van der Waals surface area contributed by atoms with E-state index in [-0.39, 0.29) is 5.91 Å². The fraction of sp³-hybridized carbons (Fsp3) is 0.348. The first-order chi connectivity index (χ1) is 15.2. The summed E-state index contributed by atoms with van der Waals surface area (Å²) in [7, 11) is 1.94. The summed E-state index contributed by atoms with van der Waals surface area (Å²) < 4.78 is 7.23. The second kappa shape index (κ2) is 8.49. The Labute approximate surface area is 180 Å². The number of hydrogen-bond acceptors (Lipinski definition) is 5. The maximum absolute atomic E-state index is 12.4. The number of carbonyl (C=O) groups excluding carboxylic acids is 1. The first-order valence-electron chi connectivity index (χ1n) is 10.6. The number of morpholine rings is 1. The molecule has 0 atom stereocenters. The molecule has 1 saturated heterocycles. The molecule has 1 amide bonds. The molecule has 8 heteroatoms. The average Bonchev–Trinajstić information content (AvgIpc) is 3.38. The highest BCUT2D eigenvalue weighted by Gasteiger charge is 2.13. The lowest BCUT2D eigenvalue weighted by Crippen LogP contribution is -2.41. The number of aromatic nitrogens is 4. The van der Waals surface area contributed by atoms with Gasteiger partial charge in [-0.05, 0) is 23.3 Å². The Morgan fingerprint density at radius 2 is 2.10 bits per heavy atom. The van der Waals surface area contributed by atoms with Crippen LogP contribution in [0.25, 0.3) is 33.2 Å². The molecule has 31 heavy (non-hydrogen) atoms. The molecule has 0 aliphatic carbocycles. The number of aromatic amines is 1. The highest BCUT2D eigenvalue weighted by molar-refractivity contribution is 6.04. The second-order valence-corrected chi connectivity index (χ2v) is 7.96. The van der Waals surface area contributed by atoms with Gasteiger partial charge < -0.3 is 15.0 Å². The number of fused-ring (bicyclic) bond motifs is 3. The maximum atomic E-state index is 12.4. The lowest BCUT2D eigenvalue weighted by Gasteiger charge is -2.26. The van der Waals surface area contributed by atoms with Crippen molar-refractivity contribution >= 4 is 27.8 Å². The van der Waals surface area contributed by atoms with Gasteiger partial charge in [-0.1, -0.05) is 18.2 Å². The normalized spacial score (nSPS) is 15.0. The summed E-state index contributed by atoms with van der Waals surface area (Å²) in [6, 6.07) is 10.2. The number of ether oxygens (including phenoxy) is 1. The van der Waals surface area contributed by atoms with Crippen LogP contribution in [0.3, 0.4) is 0 Å². The molecule has 0 saturated carbocycles. The zero-order valence-corrected chi connectivity index (χ0v) is 17.6. The quantitative estimate of drug-likeness (QED) is 0.501. The summed E-state index contributed by atoms with van der Waals surface area (Å²) in [5.74, 6) is 0.0420. The van der Waals surface area contributed by atoms with Crippen LogP contribution in [0, 0.1) is 0 Å². The van der Waals surface area contributed by atoms with Gasteiger partial charge in [-0.25, -0.2) is 4.98 Å². The van der Waals surface area contributed by atoms with Gasteiger partial charge in [-0.2, -0.15) is 5.10 Å². The van der Waals surface area contributed by atoms with E-state index in [1.54, 1.807) is 0 Å². The van der Waals surface area contributed by atoms with Gasteiger partial charge >= 0.3 is 0 Å². The van der Waals surface area contributed by atoms with Crippen LogP contribution in [0.1, 0.15) is 5.56 Å². The molecule has 5 rings (SSSR count). The van der Waals surface area contributed by atoms with Crippen molar-refractivity contribution < 1.29 is 9.53 Å². The van der Waals surface area contributed by atoms with E-state index in [0.717, 1.165) is 71.6 Å². The number of nitrogens with zero attached hydrogens (tertiary/aromatic N) is 4. The zero-order valence-electron chi connectivity index (χ0n) is 17.6. The van der Waals surface area contributed by atoms with E-state index in [0.29, 0.717) is 13.0 Å². The van der Waals surface area contributed by atoms with Crippen LogP contribution in [0.5, 0.6) is 0 Å². The van der Waals surface area contributed by atoms with Crippen LogP contribution in [0.15, 0.2) is 42.7 Å². The minimum absolute atomic E-state index is 0.0420. The van der Waals surface area contributed by atoms with Crippen LogP contribution in [-0.4, -0.2) is 69.9 Å². The standard InChI is InChI=1S/C23H26N6O2/c1-28-22-18(15-26-28)14-25-23-19(22)13-20(27-23)17-4-2-3-16(11-17)12-21(30)24-5-6-29-7-9-31-10-8-29/h2-4,11,13-15H,5-10,12H2,1H3,(H,24,30)(H,25,27). The Kier molecular flexibility index (Phi) is 5.40. The number of H-pyrrole nitrogens is 1. The topological polar surface area (TPSA) is 88.1 Å². The monoisotopic (exact) mass is 418 g/mol. The van der Waals surface area contributed by atoms with Crippen LogP contribution in [0.4, 0.5) is 0 Å². The molecule has 0 spiro atoms. The third-order valence-electron chi connectivity index (χ3n) is 5.81. The number of benzene rings is 1. The van der Waals surface area contributed by atoms with Gasteiger partial charge in [0.05, 0.1) is 31.3 Å². The van der Waals surface area contributed by atoms with Gasteiger partial charge in [0.25, 0.3) is 0 Å². The predicted octanol–water partition coefficient (Wildman–Crippen LogP) is 2.11. The van der Waals surface area contributed by atoms with Gasteiger partial charge in [0, 0.05) is 55.9 Å². The Bertz CT molecular complexity index is 1220. The summed E-state index contributed by atoms with van der Waals surface area (Å²) in [5, 5.41) is 9.43. The molecule has 4 aromatic rings. The van der Waals surface area contributed by atoms with Crippen molar-refractivity contribution in [2.75, 3.05) is 39.4 Å². The Balaban J connectivity index is 1.28. The van der Waals surface area contributed by atoms with Crippen molar-refractivity contribution in [2.45, 2.75) is 6.42 Å². The van der Waals surface area contributed by atoms with Crippen LogP contribution in [0.2, 0.25) is 0 Å². The van der Waals surface area contributed by atoms with Gasteiger partial charge in [0.2, 0.25) is 5.91 Å². The molecular weight excluding hydrogens is 392 g/mol. The van der Waals surface area contributed by atoms with Crippen molar-refractivity contribution in [3.05, 3.63) is 48.3 Å². The van der Waals surface area contributed by atoms with E-state index in [1.807, 2.05) is 42.3 Å². The summed E-state index contributed by atoms with van der Waals surface area (Å²) >= 11 is 0. The Hall–Kier alpha value is -3.23. The molecule has 0 radical (unpaired) electrons. The van der Waals surface area contributed by atoms with Gasteiger partial charge in [-0.15, -0.1) is 0 Å². The number of aryl methyl sites for hydroxylation is 1. The molecule has 4 heterocycles. The molecule has 8 nitrogen and oxygen atoms in total. The largest absolute Gasteiger partial charge is 0.379 e. The van der Waals surface area contributed by atoms with Crippen molar-refractivity contribution in [2.24, 2.45) is 7.05 Å². The Morgan fingerprint density at radius 3 is 2.97 bits per heavy atom. The molecule has 2 N–H and O–H groups in total. The number of amides is 1. The highest BCUT2D eigenvalue weighted by Crippen LogP contribution is 2.28. The molecule has 1 fully saturated rings. The minimum atomic E-state index is 0.0420.